The summed E-state index contributed by atoms with van der Waals surface area (Å²) < 4.78 is 14.3. The van der Waals surface area contributed by atoms with Gasteiger partial charge in [0.25, 0.3) is 0 Å². The Hall–Kier alpha value is -2.94. The van der Waals surface area contributed by atoms with Gasteiger partial charge in [-0.15, -0.1) is 0 Å². The highest BCUT2D eigenvalue weighted by Gasteiger charge is 2.16. The van der Waals surface area contributed by atoms with Crippen molar-refractivity contribution in [2.24, 2.45) is 16.8 Å². The lowest BCUT2D eigenvalue weighted by atomic mass is 9.98. The van der Waals surface area contributed by atoms with Gasteiger partial charge in [-0.05, 0) is 50.0 Å². The molecule has 1 aliphatic heterocycles. The van der Waals surface area contributed by atoms with Crippen molar-refractivity contribution < 1.29 is 9.60 Å². The number of benzene rings is 1. The van der Waals surface area contributed by atoms with Crippen molar-refractivity contribution in [3.63, 3.8) is 0 Å². The van der Waals surface area contributed by atoms with E-state index in [1.807, 2.05) is 7.05 Å². The van der Waals surface area contributed by atoms with Crippen LogP contribution < -0.4 is 21.3 Å². The number of aromatic nitrogens is 2. The minimum Gasteiger partial charge on any atom is -0.409 e. The van der Waals surface area contributed by atoms with Crippen LogP contribution in [0.3, 0.4) is 0 Å². The largest absolute Gasteiger partial charge is 0.409 e. The number of nitrogens with zero attached hydrogens (tertiary/aromatic N) is 4. The van der Waals surface area contributed by atoms with Crippen LogP contribution in [0.4, 0.5) is 21.7 Å². The van der Waals surface area contributed by atoms with Crippen molar-refractivity contribution in [3.8, 4) is 0 Å². The molecule has 2 heterocycles. The van der Waals surface area contributed by atoms with E-state index in [1.165, 1.54) is 18.5 Å². The van der Waals surface area contributed by atoms with Crippen LogP contribution >= 0.6 is 0 Å². The second-order valence-corrected chi connectivity index (χ2v) is 6.64. The van der Waals surface area contributed by atoms with E-state index in [0.717, 1.165) is 38.3 Å². The zero-order chi connectivity index (χ0) is 19.2. The van der Waals surface area contributed by atoms with Crippen molar-refractivity contribution in [1.82, 2.24) is 15.3 Å². The molecule has 0 aliphatic carbocycles. The molecule has 27 heavy (non-hydrogen) atoms. The molecule has 8 nitrogen and oxygen atoms in total. The van der Waals surface area contributed by atoms with E-state index in [1.54, 1.807) is 12.1 Å². The van der Waals surface area contributed by atoms with E-state index in [0.29, 0.717) is 17.3 Å². The number of amidine groups is 1. The normalized spacial score (nSPS) is 15.6. The molecule has 9 heteroatoms. The molecule has 0 unspecified atom stereocenters. The van der Waals surface area contributed by atoms with E-state index in [4.69, 9.17) is 10.9 Å². The summed E-state index contributed by atoms with van der Waals surface area (Å²) >= 11 is 0. The van der Waals surface area contributed by atoms with Gasteiger partial charge in [0.15, 0.2) is 5.84 Å². The summed E-state index contributed by atoms with van der Waals surface area (Å²) in [6, 6.07) is 6.07. The Morgan fingerprint density at radius 1 is 1.37 bits per heavy atom. The Morgan fingerprint density at radius 2 is 2.15 bits per heavy atom. The third kappa shape index (κ3) is 4.82. The van der Waals surface area contributed by atoms with Crippen LogP contribution in [-0.2, 0) is 0 Å². The Morgan fingerprint density at radius 3 is 2.85 bits per heavy atom. The van der Waals surface area contributed by atoms with E-state index in [9.17, 15) is 4.39 Å². The van der Waals surface area contributed by atoms with Gasteiger partial charge in [-0.2, -0.15) is 0 Å². The SMILES string of the molecule is CN(CC1CCNCC1)c1cc(Nc2ccc(/C(N)=N/O)cc2F)ncn1. The number of hydrogen-bond donors (Lipinski definition) is 4. The van der Waals surface area contributed by atoms with Crippen LogP contribution in [0, 0.1) is 11.7 Å². The number of nitrogens with two attached hydrogens (primary N) is 1. The van der Waals surface area contributed by atoms with Gasteiger partial charge < -0.3 is 26.5 Å². The predicted octanol–water partition coefficient (Wildman–Crippen LogP) is 1.89. The highest BCUT2D eigenvalue weighted by Crippen LogP contribution is 2.23. The molecule has 2 aromatic rings. The molecule has 0 atom stereocenters. The molecule has 0 amide bonds. The first kappa shape index (κ1) is 18.8. The third-order valence-electron chi connectivity index (χ3n) is 4.67. The van der Waals surface area contributed by atoms with Crippen molar-refractivity contribution in [1.29, 1.82) is 0 Å². The molecule has 1 fully saturated rings. The Labute approximate surface area is 157 Å². The maximum atomic E-state index is 14.3. The molecule has 1 aromatic carbocycles. The summed E-state index contributed by atoms with van der Waals surface area (Å²) in [6.45, 7) is 3.02. The molecule has 1 saturated heterocycles. The molecule has 1 aliphatic rings. The van der Waals surface area contributed by atoms with E-state index >= 15 is 0 Å². The minimum atomic E-state index is -0.526. The fraction of sp³-hybridized carbons (Fsp3) is 0.389. The maximum Gasteiger partial charge on any atom is 0.170 e. The van der Waals surface area contributed by atoms with Gasteiger partial charge in [-0.1, -0.05) is 5.16 Å². The second-order valence-electron chi connectivity index (χ2n) is 6.64. The highest BCUT2D eigenvalue weighted by molar-refractivity contribution is 5.97. The number of piperidine rings is 1. The monoisotopic (exact) mass is 373 g/mol. The Bertz CT molecular complexity index is 808. The van der Waals surface area contributed by atoms with Gasteiger partial charge in [-0.3, -0.25) is 0 Å². The molecule has 3 rings (SSSR count). The lowest BCUT2D eigenvalue weighted by Crippen LogP contribution is -2.34. The molecule has 144 valence electrons. The van der Waals surface area contributed by atoms with Crippen molar-refractivity contribution in [2.45, 2.75) is 12.8 Å². The molecule has 0 bridgehead atoms. The first-order valence-electron chi connectivity index (χ1n) is 8.85. The van der Waals surface area contributed by atoms with Gasteiger partial charge in [0.2, 0.25) is 0 Å². The van der Waals surface area contributed by atoms with Crippen LogP contribution in [0.5, 0.6) is 0 Å². The zero-order valence-corrected chi connectivity index (χ0v) is 15.2. The summed E-state index contributed by atoms with van der Waals surface area (Å²) in [7, 11) is 2.00. The summed E-state index contributed by atoms with van der Waals surface area (Å²) in [4.78, 5) is 10.6. The number of nitrogens with one attached hydrogen (secondary N) is 2. The smallest absolute Gasteiger partial charge is 0.170 e. The van der Waals surface area contributed by atoms with E-state index < -0.39 is 5.82 Å². The van der Waals surface area contributed by atoms with E-state index in [2.05, 4.69) is 30.7 Å². The van der Waals surface area contributed by atoms with Gasteiger partial charge in [0.1, 0.15) is 23.8 Å². The summed E-state index contributed by atoms with van der Waals surface area (Å²) in [6.07, 6.45) is 3.76. The number of halogens is 1. The summed E-state index contributed by atoms with van der Waals surface area (Å²) in [5.41, 5.74) is 6.02. The lowest BCUT2D eigenvalue weighted by molar-refractivity contribution is 0.318. The summed E-state index contributed by atoms with van der Waals surface area (Å²) in [5.74, 6) is 1.23. The molecule has 0 spiro atoms. The van der Waals surface area contributed by atoms with Gasteiger partial charge in [0, 0.05) is 25.2 Å². The van der Waals surface area contributed by atoms with Gasteiger partial charge >= 0.3 is 0 Å². The first-order valence-corrected chi connectivity index (χ1v) is 8.85. The third-order valence-corrected chi connectivity index (χ3v) is 4.67. The molecular weight excluding hydrogens is 349 g/mol. The van der Waals surface area contributed by atoms with Crippen LogP contribution in [-0.4, -0.2) is 47.7 Å². The van der Waals surface area contributed by atoms with Crippen molar-refractivity contribution >= 4 is 23.2 Å². The molecular formula is C18H24FN7O. The topological polar surface area (TPSA) is 112 Å². The van der Waals surface area contributed by atoms with Crippen molar-refractivity contribution in [2.75, 3.05) is 36.9 Å². The Kier molecular flexibility index (Phi) is 6.02. The number of anilines is 3. The van der Waals surface area contributed by atoms with Crippen LogP contribution in [0.2, 0.25) is 0 Å². The van der Waals surface area contributed by atoms with Gasteiger partial charge in [0.05, 0.1) is 5.69 Å². The van der Waals surface area contributed by atoms with Gasteiger partial charge in [-0.25, -0.2) is 14.4 Å². The molecule has 1 aromatic heterocycles. The number of oxime groups is 1. The van der Waals surface area contributed by atoms with Crippen LogP contribution in [0.1, 0.15) is 18.4 Å². The molecule has 5 N–H and O–H groups in total. The Balaban J connectivity index is 1.70. The number of hydrogen-bond acceptors (Lipinski definition) is 7. The maximum absolute atomic E-state index is 14.3. The standard InChI is InChI=1S/C18H24FN7O/c1-26(10-12-4-6-21-7-5-12)17-9-16(22-11-23-17)24-15-3-2-13(8-14(15)19)18(20)25-27/h2-3,8-9,11-12,21,27H,4-7,10H2,1H3,(H2,20,25)(H,22,23,24). The lowest BCUT2D eigenvalue weighted by Gasteiger charge is -2.28. The zero-order valence-electron chi connectivity index (χ0n) is 15.2. The first-order chi connectivity index (χ1) is 13.1. The molecule has 0 saturated carbocycles. The molecule has 0 radical (unpaired) electrons. The highest BCUT2D eigenvalue weighted by atomic mass is 19.1. The van der Waals surface area contributed by atoms with Crippen molar-refractivity contribution in [3.05, 3.63) is 42.0 Å². The quantitative estimate of drug-likeness (QED) is 0.265. The average molecular weight is 373 g/mol. The second kappa shape index (κ2) is 8.63. The van der Waals surface area contributed by atoms with Crippen LogP contribution in [0.25, 0.3) is 0 Å². The minimum absolute atomic E-state index is 0.149. The van der Waals surface area contributed by atoms with E-state index in [-0.39, 0.29) is 11.5 Å². The fourth-order valence-electron chi connectivity index (χ4n) is 3.14. The predicted molar refractivity (Wildman–Crippen MR) is 103 cm³/mol. The number of rotatable bonds is 6. The fourth-order valence-corrected chi connectivity index (χ4v) is 3.14. The van der Waals surface area contributed by atoms with Crippen LogP contribution in [0.15, 0.2) is 35.7 Å². The average Bonchev–Trinajstić information content (AvgIpc) is 2.70. The summed E-state index contributed by atoms with van der Waals surface area (Å²) in [5, 5.41) is 17.9.